The average molecular weight is 293 g/mol. The number of carbonyl (C=O) groups excluding carboxylic acids is 1. The molecule has 4 nitrogen and oxygen atoms in total. The molecule has 1 atom stereocenters. The van der Waals surface area contributed by atoms with Gasteiger partial charge in [0.05, 0.1) is 17.1 Å². The zero-order valence-electron chi connectivity index (χ0n) is 12.5. The Balaban J connectivity index is 1.65. The van der Waals surface area contributed by atoms with Crippen LogP contribution in [0, 0.1) is 18.3 Å². The Kier molecular flexibility index (Phi) is 3.15. The zero-order valence-corrected chi connectivity index (χ0v) is 12.5. The first-order valence-corrected chi connectivity index (χ1v) is 8.03. The highest BCUT2D eigenvalue weighted by Crippen LogP contribution is 2.36. The summed E-state index contributed by atoms with van der Waals surface area (Å²) >= 11 is 0. The van der Waals surface area contributed by atoms with E-state index in [1.54, 1.807) is 0 Å². The van der Waals surface area contributed by atoms with Gasteiger partial charge in [0, 0.05) is 18.0 Å². The maximum Gasteiger partial charge on any atom is 0.226 e. The van der Waals surface area contributed by atoms with E-state index in [4.69, 9.17) is 6.42 Å². The molecule has 2 heterocycles. The average Bonchev–Trinajstić information content (AvgIpc) is 3.10. The molecule has 22 heavy (non-hydrogen) atoms. The highest BCUT2D eigenvalue weighted by Gasteiger charge is 2.37. The van der Waals surface area contributed by atoms with Crippen LogP contribution in [0.4, 0.5) is 0 Å². The van der Waals surface area contributed by atoms with Gasteiger partial charge in [0.25, 0.3) is 0 Å². The number of amides is 1. The van der Waals surface area contributed by atoms with Crippen LogP contribution in [-0.4, -0.2) is 27.3 Å². The fourth-order valence-electron chi connectivity index (χ4n) is 3.48. The molecule has 1 saturated carbocycles. The third-order valence-corrected chi connectivity index (χ3v) is 4.97. The molecule has 2 aromatic rings. The van der Waals surface area contributed by atoms with E-state index in [1.807, 2.05) is 23.1 Å². The van der Waals surface area contributed by atoms with Gasteiger partial charge in [-0.25, -0.2) is 4.98 Å². The smallest absolute Gasteiger partial charge is 0.226 e. The summed E-state index contributed by atoms with van der Waals surface area (Å²) in [6.07, 6.45) is 10.8. The molecule has 4 rings (SSSR count). The molecular formula is C18H19N3O. The quantitative estimate of drug-likeness (QED) is 0.865. The number of benzene rings is 1. The lowest BCUT2D eigenvalue weighted by Crippen LogP contribution is -2.38. The van der Waals surface area contributed by atoms with Crippen molar-refractivity contribution in [2.45, 2.75) is 38.1 Å². The normalized spacial score (nSPS) is 21.8. The summed E-state index contributed by atoms with van der Waals surface area (Å²) in [6.45, 7) is 0.854. The second kappa shape index (κ2) is 5.17. The van der Waals surface area contributed by atoms with Crippen LogP contribution < -0.4 is 0 Å². The minimum Gasteiger partial charge on any atom is -0.340 e. The SMILES string of the molecule is C#Cc1ccc2nc([C@@H]3CCCN3C(=O)C3CCC3)[nH]c2c1. The second-order valence-corrected chi connectivity index (χ2v) is 6.32. The molecule has 1 aliphatic heterocycles. The molecule has 0 radical (unpaired) electrons. The lowest BCUT2D eigenvalue weighted by Gasteiger charge is -2.32. The fraction of sp³-hybridized carbons (Fsp3) is 0.444. The third kappa shape index (κ3) is 2.09. The Labute approximate surface area is 129 Å². The van der Waals surface area contributed by atoms with E-state index in [0.717, 1.165) is 54.6 Å². The van der Waals surface area contributed by atoms with Crippen molar-refractivity contribution >= 4 is 16.9 Å². The Bertz CT molecular complexity index is 766. The first kappa shape index (κ1) is 13.4. The van der Waals surface area contributed by atoms with Gasteiger partial charge < -0.3 is 9.88 Å². The predicted octanol–water partition coefficient (Wildman–Crippen LogP) is 3.01. The monoisotopic (exact) mass is 293 g/mol. The number of nitrogens with one attached hydrogen (secondary N) is 1. The maximum absolute atomic E-state index is 12.6. The van der Waals surface area contributed by atoms with Crippen molar-refractivity contribution in [2.75, 3.05) is 6.54 Å². The highest BCUT2D eigenvalue weighted by molar-refractivity contribution is 5.81. The number of aromatic nitrogens is 2. The Hall–Kier alpha value is -2.28. The van der Waals surface area contributed by atoms with Crippen molar-refractivity contribution < 1.29 is 4.79 Å². The lowest BCUT2D eigenvalue weighted by atomic mass is 9.84. The molecule has 1 aliphatic carbocycles. The van der Waals surface area contributed by atoms with Gasteiger partial charge in [-0.2, -0.15) is 0 Å². The van der Waals surface area contributed by atoms with Crippen molar-refractivity contribution in [3.8, 4) is 12.3 Å². The molecule has 1 aromatic carbocycles. The minimum atomic E-state index is 0.0924. The number of H-pyrrole nitrogens is 1. The van der Waals surface area contributed by atoms with E-state index in [9.17, 15) is 4.79 Å². The summed E-state index contributed by atoms with van der Waals surface area (Å²) in [5.74, 6) is 4.11. The number of hydrogen-bond acceptors (Lipinski definition) is 2. The fourth-order valence-corrected chi connectivity index (χ4v) is 3.48. The number of nitrogens with zero attached hydrogens (tertiary/aromatic N) is 2. The van der Waals surface area contributed by atoms with Crippen molar-refractivity contribution in [3.05, 3.63) is 29.6 Å². The van der Waals surface area contributed by atoms with Crippen molar-refractivity contribution in [1.29, 1.82) is 0 Å². The summed E-state index contributed by atoms with van der Waals surface area (Å²) in [4.78, 5) is 22.7. The standard InChI is InChI=1S/C18H19N3O/c1-2-12-8-9-14-15(11-12)20-17(19-14)16-7-4-10-21(16)18(22)13-5-3-6-13/h1,8-9,11,13,16H,3-7,10H2,(H,19,20)/t16-/m0/s1. The number of aromatic amines is 1. The number of carbonyl (C=O) groups is 1. The first-order valence-electron chi connectivity index (χ1n) is 8.03. The van der Waals surface area contributed by atoms with E-state index >= 15 is 0 Å². The molecule has 0 unspecified atom stereocenters. The molecule has 0 bridgehead atoms. The summed E-state index contributed by atoms with van der Waals surface area (Å²) in [5.41, 5.74) is 2.71. The number of rotatable bonds is 2. The highest BCUT2D eigenvalue weighted by atomic mass is 16.2. The van der Waals surface area contributed by atoms with Crippen LogP contribution in [0.5, 0.6) is 0 Å². The Morgan fingerprint density at radius 1 is 1.32 bits per heavy atom. The number of hydrogen-bond donors (Lipinski definition) is 1. The van der Waals surface area contributed by atoms with Gasteiger partial charge in [0.1, 0.15) is 5.82 Å². The Morgan fingerprint density at radius 2 is 2.18 bits per heavy atom. The van der Waals surface area contributed by atoms with E-state index < -0.39 is 0 Å². The molecule has 112 valence electrons. The van der Waals surface area contributed by atoms with Crippen LogP contribution in [0.2, 0.25) is 0 Å². The van der Waals surface area contributed by atoms with Crippen LogP contribution in [0.1, 0.15) is 49.5 Å². The van der Waals surface area contributed by atoms with Gasteiger partial charge >= 0.3 is 0 Å². The molecule has 1 aromatic heterocycles. The predicted molar refractivity (Wildman–Crippen MR) is 85.1 cm³/mol. The second-order valence-electron chi connectivity index (χ2n) is 6.32. The number of imidazole rings is 1. The van der Waals surface area contributed by atoms with Crippen molar-refractivity contribution in [2.24, 2.45) is 5.92 Å². The van der Waals surface area contributed by atoms with Gasteiger partial charge in [-0.05, 0) is 43.9 Å². The zero-order chi connectivity index (χ0) is 15.1. The van der Waals surface area contributed by atoms with Crippen LogP contribution in [0.25, 0.3) is 11.0 Å². The molecule has 1 amide bonds. The van der Waals surface area contributed by atoms with E-state index in [1.165, 1.54) is 6.42 Å². The number of likely N-dealkylation sites (tertiary alicyclic amines) is 1. The van der Waals surface area contributed by atoms with Gasteiger partial charge in [-0.3, -0.25) is 4.79 Å². The van der Waals surface area contributed by atoms with Gasteiger partial charge in [0.15, 0.2) is 0 Å². The molecule has 2 fully saturated rings. The maximum atomic E-state index is 12.6. The van der Waals surface area contributed by atoms with Crippen LogP contribution in [0.3, 0.4) is 0 Å². The lowest BCUT2D eigenvalue weighted by molar-refractivity contribution is -0.139. The summed E-state index contributed by atoms with van der Waals surface area (Å²) in [6, 6.07) is 5.88. The first-order chi connectivity index (χ1) is 10.8. The van der Waals surface area contributed by atoms with E-state index in [2.05, 4.69) is 15.9 Å². The molecular weight excluding hydrogens is 274 g/mol. The van der Waals surface area contributed by atoms with Crippen molar-refractivity contribution in [1.82, 2.24) is 14.9 Å². The van der Waals surface area contributed by atoms with Crippen LogP contribution >= 0.6 is 0 Å². The third-order valence-electron chi connectivity index (χ3n) is 4.97. The Morgan fingerprint density at radius 3 is 2.91 bits per heavy atom. The molecule has 1 N–H and O–H groups in total. The topological polar surface area (TPSA) is 49.0 Å². The summed E-state index contributed by atoms with van der Waals surface area (Å²) in [7, 11) is 0. The molecule has 0 spiro atoms. The van der Waals surface area contributed by atoms with Gasteiger partial charge in [-0.15, -0.1) is 6.42 Å². The number of fused-ring (bicyclic) bond motifs is 1. The largest absolute Gasteiger partial charge is 0.340 e. The summed E-state index contributed by atoms with van der Waals surface area (Å²) < 4.78 is 0. The van der Waals surface area contributed by atoms with E-state index in [0.29, 0.717) is 5.91 Å². The molecule has 1 saturated heterocycles. The molecule has 4 heteroatoms. The minimum absolute atomic E-state index is 0.0924. The van der Waals surface area contributed by atoms with Gasteiger partial charge in [0.2, 0.25) is 5.91 Å². The van der Waals surface area contributed by atoms with Crippen molar-refractivity contribution in [3.63, 3.8) is 0 Å². The summed E-state index contributed by atoms with van der Waals surface area (Å²) in [5, 5.41) is 0. The molecule has 2 aliphatic rings. The van der Waals surface area contributed by atoms with Crippen LogP contribution in [-0.2, 0) is 4.79 Å². The van der Waals surface area contributed by atoms with E-state index in [-0.39, 0.29) is 12.0 Å². The number of terminal acetylenes is 1. The van der Waals surface area contributed by atoms with Crippen LogP contribution in [0.15, 0.2) is 18.2 Å². The van der Waals surface area contributed by atoms with Gasteiger partial charge in [-0.1, -0.05) is 12.3 Å².